The van der Waals surface area contributed by atoms with E-state index in [-0.39, 0.29) is 5.69 Å². The normalized spacial score (nSPS) is 11.4. The monoisotopic (exact) mass is 337 g/mol. The number of sulfonamides is 1. The molecule has 0 atom stereocenters. The maximum absolute atomic E-state index is 13.2. The lowest BCUT2D eigenvalue weighted by atomic mass is 10.3. The average molecular weight is 337 g/mol. The van der Waals surface area contributed by atoms with E-state index in [1.807, 2.05) is 0 Å². The van der Waals surface area contributed by atoms with Gasteiger partial charge in [-0.15, -0.1) is 5.10 Å². The Morgan fingerprint density at radius 3 is 2.39 bits per heavy atom. The number of hydrogen-bond donors (Lipinski definition) is 1. The predicted octanol–water partition coefficient (Wildman–Crippen LogP) is 1.74. The van der Waals surface area contributed by atoms with Crippen LogP contribution in [0.4, 0.5) is 14.5 Å². The molecule has 10 heteroatoms. The fourth-order valence-electron chi connectivity index (χ4n) is 1.92. The van der Waals surface area contributed by atoms with E-state index in [0.29, 0.717) is 11.8 Å². The molecule has 7 nitrogen and oxygen atoms in total. The largest absolute Gasteiger partial charge is 0.277 e. The third-order valence-corrected chi connectivity index (χ3v) is 4.24. The molecule has 0 bridgehead atoms. The highest BCUT2D eigenvalue weighted by Gasteiger charge is 2.18. The molecule has 0 saturated carbocycles. The van der Waals surface area contributed by atoms with Gasteiger partial charge in [0.1, 0.15) is 18.0 Å². The van der Waals surface area contributed by atoms with Crippen LogP contribution in [0.15, 0.2) is 53.7 Å². The molecule has 0 fully saturated rings. The molecule has 118 valence electrons. The first-order chi connectivity index (χ1) is 11.0. The number of aromatic nitrogens is 4. The molecule has 0 spiro atoms. The van der Waals surface area contributed by atoms with Crippen LogP contribution in [0.1, 0.15) is 0 Å². The van der Waals surface area contributed by atoms with Gasteiger partial charge in [0, 0.05) is 6.07 Å². The number of halogens is 2. The van der Waals surface area contributed by atoms with Crippen LogP contribution >= 0.6 is 0 Å². The van der Waals surface area contributed by atoms with Crippen molar-refractivity contribution >= 4 is 15.7 Å². The van der Waals surface area contributed by atoms with Crippen molar-refractivity contribution in [2.24, 2.45) is 0 Å². The third kappa shape index (κ3) is 3.16. The van der Waals surface area contributed by atoms with Crippen LogP contribution in [0, 0.1) is 11.6 Å². The van der Waals surface area contributed by atoms with Crippen molar-refractivity contribution in [3.05, 3.63) is 60.4 Å². The van der Waals surface area contributed by atoms with Gasteiger partial charge in [0.25, 0.3) is 10.0 Å². The average Bonchev–Trinajstić information content (AvgIpc) is 3.00. The van der Waals surface area contributed by atoms with Crippen LogP contribution in [0.5, 0.6) is 0 Å². The summed E-state index contributed by atoms with van der Waals surface area (Å²) in [5.41, 5.74) is 0.516. The van der Waals surface area contributed by atoms with Crippen molar-refractivity contribution in [3.8, 4) is 5.69 Å². The molecular formula is C13H9F2N5O2S. The van der Waals surface area contributed by atoms with Gasteiger partial charge in [0.05, 0.1) is 16.3 Å². The number of rotatable bonds is 4. The lowest BCUT2D eigenvalue weighted by Gasteiger charge is -2.12. The van der Waals surface area contributed by atoms with E-state index >= 15 is 0 Å². The van der Waals surface area contributed by atoms with E-state index in [4.69, 9.17) is 0 Å². The minimum absolute atomic E-state index is 0.157. The first kappa shape index (κ1) is 15.0. The van der Waals surface area contributed by atoms with Crippen LogP contribution < -0.4 is 4.72 Å². The Kier molecular flexibility index (Phi) is 3.74. The van der Waals surface area contributed by atoms with Gasteiger partial charge in [-0.25, -0.2) is 17.2 Å². The minimum atomic E-state index is -4.18. The van der Waals surface area contributed by atoms with Crippen molar-refractivity contribution in [3.63, 3.8) is 0 Å². The molecule has 1 heterocycles. The molecule has 23 heavy (non-hydrogen) atoms. The quantitative estimate of drug-likeness (QED) is 0.783. The molecule has 3 aromatic rings. The molecular weight excluding hydrogens is 328 g/mol. The second kappa shape index (κ2) is 5.72. The molecule has 0 unspecified atom stereocenters. The molecule has 1 aromatic heterocycles. The van der Waals surface area contributed by atoms with Crippen molar-refractivity contribution in [2.45, 2.75) is 4.90 Å². The Morgan fingerprint density at radius 2 is 1.74 bits per heavy atom. The Hall–Kier alpha value is -2.88. The fraction of sp³-hybridized carbons (Fsp3) is 0. The number of tetrazole rings is 1. The molecule has 0 saturated heterocycles. The van der Waals surface area contributed by atoms with Gasteiger partial charge in [-0.1, -0.05) is 12.1 Å². The van der Waals surface area contributed by atoms with Gasteiger partial charge in [-0.3, -0.25) is 4.72 Å². The lowest BCUT2D eigenvalue weighted by Crippen LogP contribution is -2.15. The molecule has 2 aromatic carbocycles. The van der Waals surface area contributed by atoms with Gasteiger partial charge in [0.15, 0.2) is 0 Å². The summed E-state index contributed by atoms with van der Waals surface area (Å²) in [4.78, 5) is -0.526. The number of benzene rings is 2. The van der Waals surface area contributed by atoms with Gasteiger partial charge < -0.3 is 0 Å². The molecule has 1 N–H and O–H groups in total. The molecule has 0 aliphatic heterocycles. The van der Waals surface area contributed by atoms with E-state index in [9.17, 15) is 17.2 Å². The summed E-state index contributed by atoms with van der Waals surface area (Å²) >= 11 is 0. The van der Waals surface area contributed by atoms with E-state index in [1.54, 1.807) is 18.2 Å². The van der Waals surface area contributed by atoms with Gasteiger partial charge in [0.2, 0.25) is 0 Å². The molecule has 0 amide bonds. The van der Waals surface area contributed by atoms with Crippen molar-refractivity contribution in [2.75, 3.05) is 4.72 Å². The zero-order valence-electron chi connectivity index (χ0n) is 11.4. The first-order valence-corrected chi connectivity index (χ1v) is 7.75. The Bertz CT molecular complexity index is 925. The topological polar surface area (TPSA) is 89.8 Å². The summed E-state index contributed by atoms with van der Waals surface area (Å²) in [6.45, 7) is 0. The van der Waals surface area contributed by atoms with Gasteiger partial charge >= 0.3 is 0 Å². The number of nitrogens with one attached hydrogen (secondary N) is 1. The maximum atomic E-state index is 13.2. The Balaban J connectivity index is 2.02. The molecule has 3 rings (SSSR count). The summed E-state index contributed by atoms with van der Waals surface area (Å²) < 4.78 is 54.6. The van der Waals surface area contributed by atoms with E-state index in [1.165, 1.54) is 17.1 Å². The molecule has 0 radical (unpaired) electrons. The third-order valence-electron chi connectivity index (χ3n) is 2.89. The summed E-state index contributed by atoms with van der Waals surface area (Å²) in [6, 6.07) is 8.36. The number of hydrogen-bond acceptors (Lipinski definition) is 5. The summed E-state index contributed by atoms with van der Waals surface area (Å²) in [5, 5.41) is 10.6. The highest BCUT2D eigenvalue weighted by molar-refractivity contribution is 7.92. The van der Waals surface area contributed by atoms with E-state index < -0.39 is 26.6 Å². The predicted molar refractivity (Wildman–Crippen MR) is 76.3 cm³/mol. The van der Waals surface area contributed by atoms with Crippen molar-refractivity contribution in [1.82, 2.24) is 20.2 Å². The van der Waals surface area contributed by atoms with Crippen molar-refractivity contribution < 1.29 is 17.2 Å². The van der Waals surface area contributed by atoms with Crippen LogP contribution in [-0.4, -0.2) is 28.6 Å². The van der Waals surface area contributed by atoms with E-state index in [0.717, 1.165) is 12.1 Å². The number of nitrogens with zero attached hydrogens (tertiary/aromatic N) is 4. The molecule has 0 aliphatic rings. The second-order valence-corrected chi connectivity index (χ2v) is 6.16. The SMILES string of the molecule is O=S(=O)(Nc1ccccc1-n1cnnn1)c1cc(F)cc(F)c1. The summed E-state index contributed by atoms with van der Waals surface area (Å²) in [5.74, 6) is -1.97. The fourth-order valence-corrected chi connectivity index (χ4v) is 3.03. The summed E-state index contributed by atoms with van der Waals surface area (Å²) in [7, 11) is -4.18. The van der Waals surface area contributed by atoms with E-state index in [2.05, 4.69) is 20.2 Å². The maximum Gasteiger partial charge on any atom is 0.262 e. The second-order valence-electron chi connectivity index (χ2n) is 4.48. The lowest BCUT2D eigenvalue weighted by molar-refractivity contribution is 0.568. The Morgan fingerprint density at radius 1 is 1.04 bits per heavy atom. The van der Waals surface area contributed by atoms with Crippen LogP contribution in [0.2, 0.25) is 0 Å². The van der Waals surface area contributed by atoms with Crippen LogP contribution in [-0.2, 0) is 10.0 Å². The van der Waals surface area contributed by atoms with Crippen LogP contribution in [0.3, 0.4) is 0 Å². The first-order valence-electron chi connectivity index (χ1n) is 6.27. The highest BCUT2D eigenvalue weighted by Crippen LogP contribution is 2.23. The van der Waals surface area contributed by atoms with Gasteiger partial charge in [-0.2, -0.15) is 4.68 Å². The zero-order chi connectivity index (χ0) is 16.4. The highest BCUT2D eigenvalue weighted by atomic mass is 32.2. The number of para-hydroxylation sites is 2. The van der Waals surface area contributed by atoms with Gasteiger partial charge in [-0.05, 0) is 34.7 Å². The number of anilines is 1. The Labute approximate surface area is 129 Å². The minimum Gasteiger partial charge on any atom is -0.277 e. The smallest absolute Gasteiger partial charge is 0.262 e. The van der Waals surface area contributed by atoms with Crippen LogP contribution in [0.25, 0.3) is 5.69 Å². The van der Waals surface area contributed by atoms with Crippen molar-refractivity contribution in [1.29, 1.82) is 0 Å². The molecule has 0 aliphatic carbocycles. The standard InChI is InChI=1S/C13H9F2N5O2S/c14-9-5-10(15)7-11(6-9)23(21,22)17-12-3-1-2-4-13(12)20-8-16-18-19-20/h1-8,17H. The summed E-state index contributed by atoms with van der Waals surface area (Å²) in [6.07, 6.45) is 1.29. The zero-order valence-corrected chi connectivity index (χ0v) is 12.2.